The van der Waals surface area contributed by atoms with Gasteiger partial charge in [-0.3, -0.25) is 14.7 Å². The predicted molar refractivity (Wildman–Crippen MR) is 97.5 cm³/mol. The van der Waals surface area contributed by atoms with Crippen LogP contribution in [-0.2, 0) is 17.8 Å². The van der Waals surface area contributed by atoms with E-state index in [-0.39, 0.29) is 23.7 Å². The Morgan fingerprint density at radius 3 is 2.93 bits per heavy atom. The van der Waals surface area contributed by atoms with Crippen LogP contribution in [0.4, 0.5) is 0 Å². The minimum absolute atomic E-state index is 0.0229. The Balaban J connectivity index is 1.47. The standard InChI is InChI=1S/C18H17N7O2/c1-12-8-17(27)25-18(21-12)22-15(23-25)9-16(26)20-10-13-4-2-3-5-14(13)24-7-6-19-11-24/h2-8,11H,9-10H2,1H3,(H,20,26)(H,21,22,23). The van der Waals surface area contributed by atoms with Gasteiger partial charge >= 0.3 is 0 Å². The maximum Gasteiger partial charge on any atom is 0.274 e. The first-order valence-corrected chi connectivity index (χ1v) is 8.38. The molecular weight excluding hydrogens is 346 g/mol. The van der Waals surface area contributed by atoms with Gasteiger partial charge in [0, 0.05) is 30.7 Å². The first-order valence-electron chi connectivity index (χ1n) is 8.38. The molecule has 2 N–H and O–H groups in total. The van der Waals surface area contributed by atoms with E-state index in [0.29, 0.717) is 18.1 Å². The Morgan fingerprint density at radius 1 is 1.26 bits per heavy atom. The average Bonchev–Trinajstić information content (AvgIpc) is 3.30. The number of H-pyrrole nitrogens is 1. The minimum Gasteiger partial charge on any atom is -0.352 e. The molecule has 0 fully saturated rings. The predicted octanol–water partition coefficient (Wildman–Crippen LogP) is 0.771. The minimum atomic E-state index is -0.258. The number of rotatable bonds is 5. The summed E-state index contributed by atoms with van der Waals surface area (Å²) in [5.41, 5.74) is 2.23. The number of benzene rings is 1. The number of aromatic nitrogens is 6. The molecule has 0 saturated carbocycles. The number of para-hydroxylation sites is 1. The van der Waals surface area contributed by atoms with Crippen LogP contribution in [0.25, 0.3) is 11.5 Å². The SMILES string of the molecule is Cc1cc(=O)n2[nH]c(CC(=O)NCc3ccccc3-n3ccnc3)nc2n1. The molecule has 9 nitrogen and oxygen atoms in total. The molecule has 0 aliphatic heterocycles. The van der Waals surface area contributed by atoms with Crippen molar-refractivity contribution < 1.29 is 4.79 Å². The van der Waals surface area contributed by atoms with Gasteiger partial charge in [0.2, 0.25) is 5.91 Å². The van der Waals surface area contributed by atoms with E-state index in [0.717, 1.165) is 11.3 Å². The van der Waals surface area contributed by atoms with Gasteiger partial charge in [-0.05, 0) is 18.6 Å². The number of carbonyl (C=O) groups excluding carboxylic acids is 1. The van der Waals surface area contributed by atoms with Crippen molar-refractivity contribution in [1.82, 2.24) is 34.4 Å². The summed E-state index contributed by atoms with van der Waals surface area (Å²) >= 11 is 0. The van der Waals surface area contributed by atoms with Gasteiger partial charge < -0.3 is 9.88 Å². The first-order chi connectivity index (χ1) is 13.1. The maximum absolute atomic E-state index is 12.3. The molecule has 1 amide bonds. The van der Waals surface area contributed by atoms with Gasteiger partial charge in [-0.2, -0.15) is 9.50 Å². The monoisotopic (exact) mass is 363 g/mol. The van der Waals surface area contributed by atoms with Gasteiger partial charge in [0.15, 0.2) is 0 Å². The van der Waals surface area contributed by atoms with Gasteiger partial charge in [-0.25, -0.2) is 9.97 Å². The van der Waals surface area contributed by atoms with Crippen LogP contribution in [0.1, 0.15) is 17.1 Å². The third kappa shape index (κ3) is 3.47. The number of aromatic amines is 1. The number of aryl methyl sites for hydroxylation is 1. The van der Waals surface area contributed by atoms with E-state index < -0.39 is 0 Å². The number of carbonyl (C=O) groups is 1. The third-order valence-corrected chi connectivity index (χ3v) is 4.08. The van der Waals surface area contributed by atoms with Crippen molar-refractivity contribution in [3.8, 4) is 5.69 Å². The molecule has 4 rings (SSSR count). The summed E-state index contributed by atoms with van der Waals surface area (Å²) in [5, 5.41) is 5.69. The van der Waals surface area contributed by atoms with Crippen LogP contribution < -0.4 is 10.9 Å². The number of nitrogens with zero attached hydrogens (tertiary/aromatic N) is 5. The Bertz CT molecular complexity index is 1160. The van der Waals surface area contributed by atoms with Crippen molar-refractivity contribution in [1.29, 1.82) is 0 Å². The van der Waals surface area contributed by atoms with Crippen molar-refractivity contribution in [3.05, 3.63) is 76.5 Å². The molecule has 0 radical (unpaired) electrons. The number of nitrogens with one attached hydrogen (secondary N) is 2. The zero-order valence-electron chi connectivity index (χ0n) is 14.6. The first kappa shape index (κ1) is 16.7. The van der Waals surface area contributed by atoms with Crippen LogP contribution in [0.2, 0.25) is 0 Å². The number of imidazole rings is 1. The van der Waals surface area contributed by atoms with E-state index in [1.807, 2.05) is 35.0 Å². The summed E-state index contributed by atoms with van der Waals surface area (Å²) in [5.74, 6) is 0.429. The maximum atomic E-state index is 12.3. The van der Waals surface area contributed by atoms with Crippen LogP contribution >= 0.6 is 0 Å². The fourth-order valence-corrected chi connectivity index (χ4v) is 2.84. The lowest BCUT2D eigenvalue weighted by atomic mass is 10.1. The largest absolute Gasteiger partial charge is 0.352 e. The molecular formula is C18H17N7O2. The molecule has 3 heterocycles. The second-order valence-corrected chi connectivity index (χ2v) is 6.09. The van der Waals surface area contributed by atoms with Crippen molar-refractivity contribution >= 4 is 11.7 Å². The summed E-state index contributed by atoms with van der Waals surface area (Å²) in [7, 11) is 0. The lowest BCUT2D eigenvalue weighted by molar-refractivity contribution is -0.120. The zero-order valence-corrected chi connectivity index (χ0v) is 14.6. The number of fused-ring (bicyclic) bond motifs is 1. The smallest absolute Gasteiger partial charge is 0.274 e. The summed E-state index contributed by atoms with van der Waals surface area (Å²) < 4.78 is 3.12. The molecule has 136 valence electrons. The van der Waals surface area contributed by atoms with Crippen LogP contribution in [0.5, 0.6) is 0 Å². The number of hydrogen-bond donors (Lipinski definition) is 2. The quantitative estimate of drug-likeness (QED) is 0.544. The van der Waals surface area contributed by atoms with Gasteiger partial charge in [-0.1, -0.05) is 18.2 Å². The molecule has 1 aromatic carbocycles. The average molecular weight is 363 g/mol. The van der Waals surface area contributed by atoms with Crippen molar-refractivity contribution in [2.24, 2.45) is 0 Å². The summed E-state index contributed by atoms with van der Waals surface area (Å²) in [4.78, 5) is 36.7. The van der Waals surface area contributed by atoms with E-state index in [4.69, 9.17) is 0 Å². The molecule has 3 aromatic heterocycles. The second-order valence-electron chi connectivity index (χ2n) is 6.09. The number of amides is 1. The van der Waals surface area contributed by atoms with E-state index in [1.54, 1.807) is 19.4 Å². The molecule has 0 aliphatic rings. The van der Waals surface area contributed by atoms with E-state index >= 15 is 0 Å². The Labute approximate surface area is 153 Å². The Kier molecular flexibility index (Phi) is 4.25. The molecule has 0 spiro atoms. The summed E-state index contributed by atoms with van der Waals surface area (Å²) in [6.45, 7) is 2.09. The fraction of sp³-hybridized carbons (Fsp3) is 0.167. The highest BCUT2D eigenvalue weighted by Crippen LogP contribution is 2.13. The molecule has 0 aliphatic carbocycles. The zero-order chi connectivity index (χ0) is 18.8. The van der Waals surface area contributed by atoms with Crippen LogP contribution in [0.3, 0.4) is 0 Å². The molecule has 0 unspecified atom stereocenters. The van der Waals surface area contributed by atoms with Crippen LogP contribution in [0.15, 0.2) is 53.8 Å². The van der Waals surface area contributed by atoms with E-state index in [1.165, 1.54) is 10.6 Å². The van der Waals surface area contributed by atoms with Gasteiger partial charge in [0.05, 0.1) is 18.4 Å². The Morgan fingerprint density at radius 2 is 2.11 bits per heavy atom. The van der Waals surface area contributed by atoms with Gasteiger partial charge in [0.25, 0.3) is 11.3 Å². The lowest BCUT2D eigenvalue weighted by Gasteiger charge is -2.10. The van der Waals surface area contributed by atoms with Crippen LogP contribution in [-0.4, -0.2) is 35.0 Å². The fourth-order valence-electron chi connectivity index (χ4n) is 2.84. The Hall–Kier alpha value is -3.75. The lowest BCUT2D eigenvalue weighted by Crippen LogP contribution is -2.25. The second kappa shape index (κ2) is 6.87. The normalized spacial score (nSPS) is 11.0. The molecule has 27 heavy (non-hydrogen) atoms. The van der Waals surface area contributed by atoms with Gasteiger partial charge in [0.1, 0.15) is 5.82 Å². The van der Waals surface area contributed by atoms with Crippen LogP contribution in [0, 0.1) is 6.92 Å². The van der Waals surface area contributed by atoms with Crippen molar-refractivity contribution in [2.75, 3.05) is 0 Å². The third-order valence-electron chi connectivity index (χ3n) is 4.08. The van der Waals surface area contributed by atoms with Gasteiger partial charge in [-0.15, -0.1) is 0 Å². The molecule has 0 atom stereocenters. The van der Waals surface area contributed by atoms with E-state index in [9.17, 15) is 9.59 Å². The molecule has 9 heteroatoms. The molecule has 0 bridgehead atoms. The number of hydrogen-bond acceptors (Lipinski definition) is 5. The molecule has 4 aromatic rings. The molecule has 0 saturated heterocycles. The highest BCUT2D eigenvalue weighted by Gasteiger charge is 2.11. The summed E-state index contributed by atoms with van der Waals surface area (Å²) in [6, 6.07) is 9.16. The highest BCUT2D eigenvalue weighted by molar-refractivity contribution is 5.77. The highest BCUT2D eigenvalue weighted by atomic mass is 16.1. The summed E-state index contributed by atoms with van der Waals surface area (Å²) in [6.07, 6.45) is 5.28. The van der Waals surface area contributed by atoms with Crippen molar-refractivity contribution in [2.45, 2.75) is 19.9 Å². The van der Waals surface area contributed by atoms with E-state index in [2.05, 4.69) is 25.4 Å². The van der Waals surface area contributed by atoms with Crippen molar-refractivity contribution in [3.63, 3.8) is 0 Å². The topological polar surface area (TPSA) is 110 Å².